The van der Waals surface area contributed by atoms with Gasteiger partial charge >= 0.3 is 0 Å². The Morgan fingerprint density at radius 3 is 2.46 bits per heavy atom. The third-order valence-electron chi connectivity index (χ3n) is 12.7. The number of amides is 2. The number of rotatable bonds is 10. The van der Waals surface area contributed by atoms with Crippen molar-refractivity contribution in [3.05, 3.63) is 76.8 Å². The molecule has 0 bridgehead atoms. The number of piperidine rings is 4. The van der Waals surface area contributed by atoms with Crippen LogP contribution < -0.4 is 30.5 Å². The molecular formula is C45H50N10O5S. The number of allylic oxidation sites excluding steroid dienone is 1. The number of carbonyl (C=O) groups is 2. The maximum Gasteiger partial charge on any atom is 0.258 e. The first-order chi connectivity index (χ1) is 29.9. The lowest BCUT2D eigenvalue weighted by atomic mass is 9.94. The summed E-state index contributed by atoms with van der Waals surface area (Å²) in [5.74, 6) is 4.12. The van der Waals surface area contributed by atoms with E-state index < -0.39 is 6.04 Å². The van der Waals surface area contributed by atoms with E-state index in [0.29, 0.717) is 47.2 Å². The molecular weight excluding hydrogens is 793 g/mol. The first-order valence-corrected chi connectivity index (χ1v) is 22.2. The van der Waals surface area contributed by atoms with Crippen LogP contribution in [0.15, 0.2) is 65.7 Å². The van der Waals surface area contributed by atoms with Gasteiger partial charge in [0.2, 0.25) is 0 Å². The van der Waals surface area contributed by atoms with Gasteiger partial charge in [0.1, 0.15) is 39.4 Å². The van der Waals surface area contributed by atoms with Crippen LogP contribution in [0.1, 0.15) is 84.5 Å². The Labute approximate surface area is 357 Å². The number of methoxy groups -OCH3 is 1. The van der Waals surface area contributed by atoms with Gasteiger partial charge in [-0.2, -0.15) is 5.10 Å². The average Bonchev–Trinajstić information content (AvgIpc) is 3.94. The Morgan fingerprint density at radius 1 is 0.885 bits per heavy atom. The number of benzene rings is 2. The van der Waals surface area contributed by atoms with E-state index in [4.69, 9.17) is 9.84 Å². The van der Waals surface area contributed by atoms with Gasteiger partial charge in [-0.1, -0.05) is 0 Å². The Morgan fingerprint density at radius 2 is 1.69 bits per heavy atom. The summed E-state index contributed by atoms with van der Waals surface area (Å²) in [6.45, 7) is 6.87. The molecule has 2 amide bonds. The second-order valence-corrected chi connectivity index (χ2v) is 17.4. The second kappa shape index (κ2) is 17.9. The summed E-state index contributed by atoms with van der Waals surface area (Å²) >= 11 is 1.43. The molecule has 15 nitrogen and oxygen atoms in total. The molecule has 1 atom stereocenters. The fourth-order valence-corrected chi connectivity index (χ4v) is 10.2. The van der Waals surface area contributed by atoms with E-state index in [2.05, 4.69) is 63.6 Å². The summed E-state index contributed by atoms with van der Waals surface area (Å²) in [7, 11) is 1.55. The van der Waals surface area contributed by atoms with Crippen molar-refractivity contribution < 1.29 is 23.9 Å². The molecule has 4 saturated heterocycles. The van der Waals surface area contributed by atoms with Crippen LogP contribution in [0.5, 0.6) is 5.75 Å². The zero-order valence-corrected chi connectivity index (χ0v) is 35.1. The monoisotopic (exact) mass is 842 g/mol. The third-order valence-corrected chi connectivity index (χ3v) is 13.6. The van der Waals surface area contributed by atoms with Gasteiger partial charge in [0.25, 0.3) is 11.8 Å². The van der Waals surface area contributed by atoms with Gasteiger partial charge in [-0.15, -0.1) is 11.3 Å². The fourth-order valence-electron chi connectivity index (χ4n) is 9.35. The van der Waals surface area contributed by atoms with Crippen molar-refractivity contribution >= 4 is 73.3 Å². The molecule has 4 fully saturated rings. The molecule has 16 heteroatoms. The summed E-state index contributed by atoms with van der Waals surface area (Å²) < 4.78 is 7.81. The lowest BCUT2D eigenvalue weighted by molar-refractivity contribution is 0.0935. The van der Waals surface area contributed by atoms with Gasteiger partial charge in [0, 0.05) is 93.3 Å². The highest BCUT2D eigenvalue weighted by atomic mass is 32.1. The molecule has 9 rings (SSSR count). The second-order valence-electron chi connectivity index (χ2n) is 16.5. The van der Waals surface area contributed by atoms with Crippen molar-refractivity contribution in [2.45, 2.75) is 69.9 Å². The molecule has 4 aliphatic rings. The molecule has 5 aromatic rings. The number of fused-ring (bicyclic) bond motifs is 2. The quantitative estimate of drug-likeness (QED) is 0.146. The molecule has 0 unspecified atom stereocenters. The van der Waals surface area contributed by atoms with Gasteiger partial charge in [0.15, 0.2) is 0 Å². The normalized spacial score (nSPS) is 19.4. The highest BCUT2D eigenvalue weighted by Crippen LogP contribution is 2.36. The number of anilines is 3. The molecule has 0 aliphatic carbocycles. The first kappa shape index (κ1) is 40.4. The number of aromatic nitrogens is 4. The largest absolute Gasteiger partial charge is 0.496 e. The molecule has 3 N–H and O–H groups in total. The minimum atomic E-state index is -0.578. The zero-order valence-electron chi connectivity index (χ0n) is 34.3. The highest BCUT2D eigenvalue weighted by molar-refractivity contribution is 7.17. The summed E-state index contributed by atoms with van der Waals surface area (Å²) in [5.41, 5.74) is 5.73. The molecule has 0 spiro atoms. The highest BCUT2D eigenvalue weighted by Gasteiger charge is 2.29. The van der Waals surface area contributed by atoms with Crippen molar-refractivity contribution in [3.63, 3.8) is 0 Å². The third kappa shape index (κ3) is 8.62. The lowest BCUT2D eigenvalue weighted by Crippen LogP contribution is -2.43. The van der Waals surface area contributed by atoms with E-state index >= 15 is 0 Å². The molecule has 3 aromatic heterocycles. The van der Waals surface area contributed by atoms with Crippen LogP contribution in [0.2, 0.25) is 0 Å². The van der Waals surface area contributed by atoms with Gasteiger partial charge in [-0.3, -0.25) is 19.3 Å². The Bertz CT molecular complexity index is 2540. The van der Waals surface area contributed by atoms with E-state index in [-0.39, 0.29) is 23.2 Å². The smallest absolute Gasteiger partial charge is 0.258 e. The van der Waals surface area contributed by atoms with Crippen LogP contribution >= 0.6 is 11.3 Å². The van der Waals surface area contributed by atoms with Crippen LogP contribution in [0.25, 0.3) is 21.3 Å². The minimum absolute atomic E-state index is 0.119. The van der Waals surface area contributed by atoms with Crippen LogP contribution in [-0.2, 0) is 9.59 Å². The first-order valence-electron chi connectivity index (χ1n) is 21.4. The number of hydrogen-bond donors (Lipinski definition) is 3. The molecule has 0 saturated carbocycles. The molecule has 7 heterocycles. The number of carbonyl (C=O) groups excluding carboxylic acids is 4. The Balaban J connectivity index is 0.795. The maximum absolute atomic E-state index is 13.6. The van der Waals surface area contributed by atoms with Crippen LogP contribution in [-0.4, -0.2) is 107 Å². The standard InChI is InChI=1S/C45H50N10O5S/c1-60-41-22-33(6-7-34(41)43(58)49-36-8-5-31(26-56)48-39(36)27-57)53-19-9-29(10-20-53)24-52-17-11-32(12-18-52)55-25-30-21-38(40(23-37(30)51-55)54-15-3-2-4-16-54)50-44(59)35-28-61-45-42(35)46-13-14-47-45/h6-7,13-14,21-23,25,28-29,32,36,48H,2-5,8-12,15-20,24H2,1H3,(H,49,58)(H,50,59)/t36-/m1/s1. The van der Waals surface area contributed by atoms with Crippen LogP contribution in [0.3, 0.4) is 0 Å². The summed E-state index contributed by atoms with van der Waals surface area (Å²) in [5, 5.41) is 16.8. The molecule has 61 heavy (non-hydrogen) atoms. The number of nitrogens with one attached hydrogen (secondary N) is 3. The van der Waals surface area contributed by atoms with E-state index in [1.54, 1.807) is 37.5 Å². The van der Waals surface area contributed by atoms with Gasteiger partial charge in [-0.05, 0) is 81.5 Å². The molecule has 2 aromatic carbocycles. The van der Waals surface area contributed by atoms with E-state index in [9.17, 15) is 19.2 Å². The summed E-state index contributed by atoms with van der Waals surface area (Å²) in [4.78, 5) is 66.3. The molecule has 0 radical (unpaired) electrons. The predicted molar refractivity (Wildman–Crippen MR) is 236 cm³/mol. The fraction of sp³-hybridized carbons (Fsp3) is 0.444. The van der Waals surface area contributed by atoms with Crippen molar-refractivity contribution in [1.29, 1.82) is 0 Å². The van der Waals surface area contributed by atoms with Gasteiger partial charge < -0.3 is 35.4 Å². The molecule has 4 aliphatic heterocycles. The van der Waals surface area contributed by atoms with E-state index in [1.165, 1.54) is 17.8 Å². The number of likely N-dealkylation sites (tertiary alicyclic amines) is 1. The van der Waals surface area contributed by atoms with Gasteiger partial charge in [-0.25, -0.2) is 14.6 Å². The molecule has 316 valence electrons. The topological polar surface area (TPSA) is 167 Å². The van der Waals surface area contributed by atoms with Crippen LogP contribution in [0, 0.1) is 5.92 Å². The maximum atomic E-state index is 13.6. The summed E-state index contributed by atoms with van der Waals surface area (Å²) in [6.07, 6.45) is 13.9. The predicted octanol–water partition coefficient (Wildman–Crippen LogP) is 5.76. The Kier molecular flexibility index (Phi) is 11.8. The summed E-state index contributed by atoms with van der Waals surface area (Å²) in [6, 6.07) is 9.62. The number of hydrogen-bond acceptors (Lipinski definition) is 13. The number of nitrogens with zero attached hydrogens (tertiary/aromatic N) is 7. The van der Waals surface area contributed by atoms with E-state index in [1.807, 2.05) is 17.5 Å². The number of thiophene rings is 1. The van der Waals surface area contributed by atoms with Crippen molar-refractivity contribution in [3.8, 4) is 5.75 Å². The van der Waals surface area contributed by atoms with Crippen LogP contribution in [0.4, 0.5) is 17.1 Å². The SMILES string of the molecule is COc1cc(N2CCC(CN3CCC(n4cc5cc(NC(=O)c6csc7nccnc67)c(N6CCCCC6)cc5n4)CC3)CC2)ccc1C(=O)N[C@@H]1CCC(=C=O)NC1=C=O. The van der Waals surface area contributed by atoms with E-state index in [0.717, 1.165) is 117 Å². The minimum Gasteiger partial charge on any atom is -0.496 e. The Hall–Kier alpha value is -6.05. The van der Waals surface area contributed by atoms with Crippen molar-refractivity contribution in [2.75, 3.05) is 68.0 Å². The average molecular weight is 843 g/mol. The zero-order chi connectivity index (χ0) is 41.9. The number of ether oxygens (including phenoxy) is 1. The van der Waals surface area contributed by atoms with Gasteiger partial charge in [0.05, 0.1) is 47.2 Å². The van der Waals surface area contributed by atoms with Crippen molar-refractivity contribution in [1.82, 2.24) is 35.3 Å². The van der Waals surface area contributed by atoms with Crippen molar-refractivity contribution in [2.24, 2.45) is 5.92 Å². The lowest BCUT2D eigenvalue weighted by Gasteiger charge is -2.38.